The van der Waals surface area contributed by atoms with Gasteiger partial charge in [0.25, 0.3) is 0 Å². The lowest BCUT2D eigenvalue weighted by Gasteiger charge is -2.30. The zero-order valence-corrected chi connectivity index (χ0v) is 16.0. The highest BCUT2D eigenvalue weighted by Crippen LogP contribution is 2.27. The summed E-state index contributed by atoms with van der Waals surface area (Å²) in [7, 11) is 1.66. The van der Waals surface area contributed by atoms with E-state index in [0.29, 0.717) is 12.5 Å². The van der Waals surface area contributed by atoms with Crippen LogP contribution in [0.25, 0.3) is 0 Å². The molecule has 0 radical (unpaired) electrons. The molecule has 2 aromatic rings. The fourth-order valence-corrected chi connectivity index (χ4v) is 2.65. The second-order valence-electron chi connectivity index (χ2n) is 6.63. The van der Waals surface area contributed by atoms with Crippen molar-refractivity contribution in [3.63, 3.8) is 0 Å². The van der Waals surface area contributed by atoms with E-state index in [9.17, 15) is 0 Å². The smallest absolute Gasteiger partial charge is 0.191 e. The monoisotopic (exact) mass is 342 g/mol. The van der Waals surface area contributed by atoms with Crippen LogP contribution in [0.3, 0.4) is 0 Å². The first-order valence-electron chi connectivity index (χ1n) is 8.99. The Kier molecular flexibility index (Phi) is 7.03. The molecule has 2 aromatic carbocycles. The van der Waals surface area contributed by atoms with Gasteiger partial charge >= 0.3 is 0 Å². The van der Waals surface area contributed by atoms with Gasteiger partial charge in [-0.1, -0.05) is 56.3 Å². The molecule has 0 bridgehead atoms. The second-order valence-corrected chi connectivity index (χ2v) is 6.63. The largest absolute Gasteiger partial charge is 0.488 e. The van der Waals surface area contributed by atoms with Crippen molar-refractivity contribution in [3.05, 3.63) is 65.7 Å². The maximum Gasteiger partial charge on any atom is 0.191 e. The summed E-state index contributed by atoms with van der Waals surface area (Å²) in [4.78, 5) is 0. The minimum absolute atomic E-state index is 0.0763. The van der Waals surface area contributed by atoms with Crippen LogP contribution in [0.2, 0.25) is 0 Å². The normalized spacial score (nSPS) is 16.0. The first-order valence-corrected chi connectivity index (χ1v) is 8.99. The van der Waals surface area contributed by atoms with Gasteiger partial charge in [0.15, 0.2) is 5.79 Å². The molecule has 0 heterocycles. The van der Waals surface area contributed by atoms with Crippen LogP contribution in [-0.2, 0) is 15.3 Å². The van der Waals surface area contributed by atoms with Crippen molar-refractivity contribution in [1.82, 2.24) is 0 Å². The lowest BCUT2D eigenvalue weighted by Crippen LogP contribution is -2.32. The fraction of sp³-hybridized carbons (Fsp3) is 0.455. The summed E-state index contributed by atoms with van der Waals surface area (Å²) < 4.78 is 17.6. The lowest BCUT2D eigenvalue weighted by molar-refractivity contribution is -0.227. The van der Waals surface area contributed by atoms with Crippen LogP contribution in [0.15, 0.2) is 54.6 Å². The standard InChI is InChI=1S/C22H30O3/c1-6-17(2)19-12-14-21(15-13-19)25-18(3)16-24-22(4,23-5)20-10-8-7-9-11-20/h7-15,17-18H,6,16H2,1-5H3. The summed E-state index contributed by atoms with van der Waals surface area (Å²) in [5.41, 5.74) is 2.33. The number of hydrogen-bond acceptors (Lipinski definition) is 3. The van der Waals surface area contributed by atoms with E-state index in [-0.39, 0.29) is 6.10 Å². The van der Waals surface area contributed by atoms with Gasteiger partial charge in [0.05, 0.1) is 6.61 Å². The van der Waals surface area contributed by atoms with Gasteiger partial charge in [-0.05, 0) is 43.9 Å². The Morgan fingerprint density at radius 3 is 2.16 bits per heavy atom. The summed E-state index contributed by atoms with van der Waals surface area (Å²) in [5.74, 6) is 0.657. The highest BCUT2D eigenvalue weighted by Gasteiger charge is 2.27. The zero-order valence-electron chi connectivity index (χ0n) is 16.0. The Hall–Kier alpha value is -1.84. The topological polar surface area (TPSA) is 27.7 Å². The van der Waals surface area contributed by atoms with Crippen LogP contribution in [-0.4, -0.2) is 19.8 Å². The van der Waals surface area contributed by atoms with Gasteiger partial charge in [0.1, 0.15) is 11.9 Å². The van der Waals surface area contributed by atoms with Crippen molar-refractivity contribution in [2.75, 3.05) is 13.7 Å². The van der Waals surface area contributed by atoms with E-state index < -0.39 is 5.79 Å². The van der Waals surface area contributed by atoms with Crippen LogP contribution in [0, 0.1) is 0 Å². The highest BCUT2D eigenvalue weighted by molar-refractivity contribution is 5.29. The van der Waals surface area contributed by atoms with E-state index in [1.54, 1.807) is 7.11 Å². The van der Waals surface area contributed by atoms with Crippen LogP contribution < -0.4 is 4.74 Å². The SMILES string of the molecule is CCC(C)c1ccc(OC(C)COC(C)(OC)c2ccccc2)cc1. The van der Waals surface area contributed by atoms with Crippen molar-refractivity contribution >= 4 is 0 Å². The van der Waals surface area contributed by atoms with Gasteiger partial charge < -0.3 is 14.2 Å². The van der Waals surface area contributed by atoms with Gasteiger partial charge in [0, 0.05) is 12.7 Å². The molecule has 136 valence electrons. The van der Waals surface area contributed by atoms with Crippen molar-refractivity contribution < 1.29 is 14.2 Å². The predicted octanol–water partition coefficient (Wildman–Crippen LogP) is 5.50. The molecule has 0 aliphatic carbocycles. The third kappa shape index (κ3) is 5.32. The van der Waals surface area contributed by atoms with Crippen molar-refractivity contribution in [2.45, 2.75) is 51.9 Å². The minimum Gasteiger partial charge on any atom is -0.488 e. The Balaban J connectivity index is 1.92. The number of ether oxygens (including phenoxy) is 3. The lowest BCUT2D eigenvalue weighted by atomic mass is 9.99. The predicted molar refractivity (Wildman–Crippen MR) is 102 cm³/mol. The number of methoxy groups -OCH3 is 1. The van der Waals surface area contributed by atoms with Gasteiger partial charge in [-0.25, -0.2) is 0 Å². The Morgan fingerprint density at radius 2 is 1.60 bits per heavy atom. The molecule has 0 spiro atoms. The Bertz CT molecular complexity index is 623. The number of rotatable bonds is 9. The molecule has 0 aliphatic heterocycles. The molecule has 25 heavy (non-hydrogen) atoms. The molecule has 0 aliphatic rings. The highest BCUT2D eigenvalue weighted by atomic mass is 16.7. The van der Waals surface area contributed by atoms with Crippen molar-refractivity contribution in [2.24, 2.45) is 0 Å². The van der Waals surface area contributed by atoms with Crippen LogP contribution in [0.1, 0.15) is 51.2 Å². The summed E-state index contributed by atoms with van der Waals surface area (Å²) in [6, 6.07) is 18.3. The zero-order chi connectivity index (χ0) is 18.3. The molecule has 0 saturated carbocycles. The Labute approximate surface area is 151 Å². The van der Waals surface area contributed by atoms with E-state index in [0.717, 1.165) is 17.7 Å². The molecule has 0 saturated heterocycles. The molecule has 0 fully saturated rings. The third-order valence-electron chi connectivity index (χ3n) is 4.68. The summed E-state index contributed by atoms with van der Waals surface area (Å²) in [6.07, 6.45) is 1.06. The van der Waals surface area contributed by atoms with Crippen molar-refractivity contribution in [3.8, 4) is 5.75 Å². The van der Waals surface area contributed by atoms with Gasteiger partial charge in [-0.15, -0.1) is 0 Å². The molecule has 3 unspecified atom stereocenters. The number of benzene rings is 2. The molecular weight excluding hydrogens is 312 g/mol. The van der Waals surface area contributed by atoms with E-state index in [1.807, 2.05) is 56.3 Å². The van der Waals surface area contributed by atoms with Crippen LogP contribution >= 0.6 is 0 Å². The molecule has 0 N–H and O–H groups in total. The fourth-order valence-electron chi connectivity index (χ4n) is 2.65. The third-order valence-corrected chi connectivity index (χ3v) is 4.68. The molecular formula is C22H30O3. The Morgan fingerprint density at radius 1 is 0.960 bits per heavy atom. The molecule has 3 atom stereocenters. The van der Waals surface area contributed by atoms with Gasteiger partial charge in [-0.3, -0.25) is 0 Å². The molecule has 2 rings (SSSR count). The molecule has 3 nitrogen and oxygen atoms in total. The van der Waals surface area contributed by atoms with E-state index >= 15 is 0 Å². The average molecular weight is 342 g/mol. The van der Waals surface area contributed by atoms with Crippen molar-refractivity contribution in [1.29, 1.82) is 0 Å². The van der Waals surface area contributed by atoms with E-state index in [2.05, 4.69) is 26.0 Å². The van der Waals surface area contributed by atoms with Gasteiger partial charge in [0.2, 0.25) is 0 Å². The summed E-state index contributed by atoms with van der Waals surface area (Å²) >= 11 is 0. The van der Waals surface area contributed by atoms with Crippen LogP contribution in [0.5, 0.6) is 5.75 Å². The first-order chi connectivity index (χ1) is 12.0. The average Bonchev–Trinajstić information content (AvgIpc) is 2.66. The maximum atomic E-state index is 6.03. The second kappa shape index (κ2) is 9.02. The quantitative estimate of drug-likeness (QED) is 0.563. The van der Waals surface area contributed by atoms with E-state index in [4.69, 9.17) is 14.2 Å². The number of hydrogen-bond donors (Lipinski definition) is 0. The molecule has 3 heteroatoms. The van der Waals surface area contributed by atoms with Crippen LogP contribution in [0.4, 0.5) is 0 Å². The molecule has 0 amide bonds. The minimum atomic E-state index is -0.778. The maximum absolute atomic E-state index is 6.03. The van der Waals surface area contributed by atoms with E-state index in [1.165, 1.54) is 5.56 Å². The first kappa shape index (κ1) is 19.5. The molecule has 0 aromatic heterocycles. The van der Waals surface area contributed by atoms with Gasteiger partial charge in [-0.2, -0.15) is 0 Å². The summed E-state index contributed by atoms with van der Waals surface area (Å²) in [6.45, 7) is 8.81. The summed E-state index contributed by atoms with van der Waals surface area (Å²) in [5, 5.41) is 0.